The number of nitrogens with one attached hydrogen (secondary N) is 1. The molecule has 3 nitrogen and oxygen atoms in total. The van der Waals surface area contributed by atoms with E-state index in [4.69, 9.17) is 0 Å². The standard InChI is InChI=1S/C18H19NO2/c1-19-18(21)14-8-5-12(6-9-14)15-10-7-13-3-2-4-17(20)16(13)11-15/h5-11,18-19,21H,2-4H2,1H3. The Bertz CT molecular complexity index is 661. The largest absolute Gasteiger partial charge is 0.374 e. The molecule has 0 heterocycles. The molecule has 1 aliphatic carbocycles. The van der Waals surface area contributed by atoms with Gasteiger partial charge in [-0.2, -0.15) is 0 Å². The third kappa shape index (κ3) is 2.75. The Hall–Kier alpha value is -1.97. The van der Waals surface area contributed by atoms with Crippen molar-refractivity contribution in [3.8, 4) is 11.1 Å². The number of carbonyl (C=O) groups is 1. The lowest BCUT2D eigenvalue weighted by Crippen LogP contribution is -2.14. The predicted molar refractivity (Wildman–Crippen MR) is 83.2 cm³/mol. The van der Waals surface area contributed by atoms with E-state index in [0.717, 1.165) is 40.7 Å². The number of hydrogen-bond donors (Lipinski definition) is 2. The first-order valence-electron chi connectivity index (χ1n) is 7.31. The first-order valence-corrected chi connectivity index (χ1v) is 7.31. The third-order valence-electron chi connectivity index (χ3n) is 4.09. The lowest BCUT2D eigenvalue weighted by atomic mass is 9.88. The van der Waals surface area contributed by atoms with E-state index in [9.17, 15) is 9.90 Å². The van der Waals surface area contributed by atoms with Gasteiger partial charge in [0.15, 0.2) is 5.78 Å². The molecule has 0 saturated carbocycles. The van der Waals surface area contributed by atoms with Gasteiger partial charge in [-0.1, -0.05) is 36.4 Å². The molecule has 1 unspecified atom stereocenters. The number of benzene rings is 2. The van der Waals surface area contributed by atoms with Gasteiger partial charge in [0.05, 0.1) is 0 Å². The molecular weight excluding hydrogens is 262 g/mol. The van der Waals surface area contributed by atoms with Crippen molar-refractivity contribution in [2.24, 2.45) is 0 Å². The topological polar surface area (TPSA) is 49.3 Å². The lowest BCUT2D eigenvalue weighted by Gasteiger charge is -2.16. The molecule has 0 fully saturated rings. The first-order chi connectivity index (χ1) is 10.2. The average Bonchev–Trinajstić information content (AvgIpc) is 2.54. The Morgan fingerprint density at radius 2 is 1.76 bits per heavy atom. The van der Waals surface area contributed by atoms with Gasteiger partial charge in [-0.15, -0.1) is 0 Å². The van der Waals surface area contributed by atoms with Crippen LogP contribution in [0.4, 0.5) is 0 Å². The number of fused-ring (bicyclic) bond motifs is 1. The maximum atomic E-state index is 12.0. The van der Waals surface area contributed by atoms with Crippen molar-refractivity contribution in [3.05, 3.63) is 59.2 Å². The quantitative estimate of drug-likeness (QED) is 0.850. The van der Waals surface area contributed by atoms with Crippen molar-refractivity contribution in [2.75, 3.05) is 7.05 Å². The van der Waals surface area contributed by atoms with Crippen LogP contribution in [-0.2, 0) is 6.42 Å². The Morgan fingerprint density at radius 3 is 2.48 bits per heavy atom. The van der Waals surface area contributed by atoms with Crippen molar-refractivity contribution in [1.82, 2.24) is 5.32 Å². The Balaban J connectivity index is 1.94. The van der Waals surface area contributed by atoms with Gasteiger partial charge < -0.3 is 5.11 Å². The normalized spacial score (nSPS) is 15.6. The van der Waals surface area contributed by atoms with Crippen LogP contribution >= 0.6 is 0 Å². The molecular formula is C18H19NO2. The highest BCUT2D eigenvalue weighted by Gasteiger charge is 2.17. The van der Waals surface area contributed by atoms with Crippen molar-refractivity contribution >= 4 is 5.78 Å². The molecule has 0 saturated heterocycles. The zero-order valence-electron chi connectivity index (χ0n) is 12.1. The van der Waals surface area contributed by atoms with E-state index in [1.54, 1.807) is 7.05 Å². The summed E-state index contributed by atoms with van der Waals surface area (Å²) in [6.45, 7) is 0. The zero-order valence-corrected chi connectivity index (χ0v) is 12.1. The Kier molecular flexibility index (Phi) is 3.86. The van der Waals surface area contributed by atoms with Gasteiger partial charge in [-0.3, -0.25) is 10.1 Å². The molecule has 0 spiro atoms. The van der Waals surface area contributed by atoms with Crippen LogP contribution in [0.3, 0.4) is 0 Å². The number of rotatable bonds is 3. The summed E-state index contributed by atoms with van der Waals surface area (Å²) in [5.74, 6) is 0.250. The van der Waals surface area contributed by atoms with E-state index in [-0.39, 0.29) is 5.78 Å². The molecule has 0 aliphatic heterocycles. The van der Waals surface area contributed by atoms with Gasteiger partial charge in [0.2, 0.25) is 0 Å². The number of aliphatic hydroxyl groups is 1. The maximum absolute atomic E-state index is 12.0. The molecule has 0 radical (unpaired) electrons. The van der Waals surface area contributed by atoms with Crippen LogP contribution in [0, 0.1) is 0 Å². The van der Waals surface area contributed by atoms with Gasteiger partial charge in [0.25, 0.3) is 0 Å². The Morgan fingerprint density at radius 1 is 1.05 bits per heavy atom. The number of hydrogen-bond acceptors (Lipinski definition) is 3. The van der Waals surface area contributed by atoms with Gasteiger partial charge >= 0.3 is 0 Å². The molecule has 2 aromatic carbocycles. The average molecular weight is 281 g/mol. The molecule has 2 aromatic rings. The van der Waals surface area contributed by atoms with Crippen molar-refractivity contribution in [3.63, 3.8) is 0 Å². The second kappa shape index (κ2) is 5.80. The number of Topliss-reactive ketones (excluding diaryl/α,β-unsaturated/α-hetero) is 1. The minimum absolute atomic E-state index is 0.250. The van der Waals surface area contributed by atoms with Crippen LogP contribution in [0.2, 0.25) is 0 Å². The van der Waals surface area contributed by atoms with Crippen molar-refractivity contribution in [2.45, 2.75) is 25.5 Å². The third-order valence-corrected chi connectivity index (χ3v) is 4.09. The van der Waals surface area contributed by atoms with Gasteiger partial charge in [-0.05, 0) is 48.2 Å². The van der Waals surface area contributed by atoms with Gasteiger partial charge in [-0.25, -0.2) is 0 Å². The molecule has 0 amide bonds. The first kappa shape index (κ1) is 14.0. The Labute approximate surface area is 124 Å². The molecule has 0 bridgehead atoms. The monoisotopic (exact) mass is 281 g/mol. The second-order valence-electron chi connectivity index (χ2n) is 5.46. The van der Waals surface area contributed by atoms with Crippen LogP contribution in [-0.4, -0.2) is 17.9 Å². The van der Waals surface area contributed by atoms with Gasteiger partial charge in [0.1, 0.15) is 6.23 Å². The zero-order chi connectivity index (χ0) is 14.8. The van der Waals surface area contributed by atoms with Gasteiger partial charge in [0, 0.05) is 12.0 Å². The molecule has 1 atom stereocenters. The summed E-state index contributed by atoms with van der Waals surface area (Å²) >= 11 is 0. The lowest BCUT2D eigenvalue weighted by molar-refractivity contribution is 0.0972. The molecule has 21 heavy (non-hydrogen) atoms. The minimum atomic E-state index is -0.649. The molecule has 3 rings (SSSR count). The van der Waals surface area contributed by atoms with Crippen LogP contribution in [0.1, 0.15) is 40.6 Å². The summed E-state index contributed by atoms with van der Waals surface area (Å²) in [6.07, 6.45) is 1.96. The summed E-state index contributed by atoms with van der Waals surface area (Å²) in [6, 6.07) is 13.9. The van der Waals surface area contributed by atoms with Crippen LogP contribution < -0.4 is 5.32 Å². The van der Waals surface area contributed by atoms with E-state index >= 15 is 0 Å². The smallest absolute Gasteiger partial charge is 0.163 e. The molecule has 108 valence electrons. The van der Waals surface area contributed by atoms with E-state index < -0.39 is 6.23 Å². The second-order valence-corrected chi connectivity index (χ2v) is 5.46. The SMILES string of the molecule is CNC(O)c1ccc(-c2ccc3c(c2)C(=O)CCC3)cc1. The summed E-state index contributed by atoms with van der Waals surface area (Å²) in [5, 5.41) is 12.5. The van der Waals surface area contributed by atoms with Crippen LogP contribution in [0.15, 0.2) is 42.5 Å². The summed E-state index contributed by atoms with van der Waals surface area (Å²) in [5.41, 5.74) is 4.98. The fourth-order valence-electron chi connectivity index (χ4n) is 2.83. The molecule has 3 heteroatoms. The molecule has 0 aromatic heterocycles. The highest BCUT2D eigenvalue weighted by atomic mass is 16.3. The summed E-state index contributed by atoms with van der Waals surface area (Å²) in [7, 11) is 1.72. The fourth-order valence-corrected chi connectivity index (χ4v) is 2.83. The maximum Gasteiger partial charge on any atom is 0.163 e. The molecule has 2 N–H and O–H groups in total. The number of aryl methyl sites for hydroxylation is 1. The van der Waals surface area contributed by atoms with Crippen molar-refractivity contribution < 1.29 is 9.90 Å². The van der Waals surface area contributed by atoms with Crippen LogP contribution in [0.5, 0.6) is 0 Å². The highest BCUT2D eigenvalue weighted by molar-refractivity contribution is 5.99. The number of ketones is 1. The predicted octanol–water partition coefficient (Wildman–Crippen LogP) is 3.08. The van der Waals surface area contributed by atoms with E-state index in [1.807, 2.05) is 30.3 Å². The summed E-state index contributed by atoms with van der Waals surface area (Å²) < 4.78 is 0. The van der Waals surface area contributed by atoms with E-state index in [1.165, 1.54) is 0 Å². The fraction of sp³-hybridized carbons (Fsp3) is 0.278. The summed E-state index contributed by atoms with van der Waals surface area (Å²) in [4.78, 5) is 12.0. The number of aliphatic hydroxyl groups excluding tert-OH is 1. The molecule has 1 aliphatic rings. The van der Waals surface area contributed by atoms with E-state index in [2.05, 4.69) is 17.4 Å². The van der Waals surface area contributed by atoms with Crippen LogP contribution in [0.25, 0.3) is 11.1 Å². The van der Waals surface area contributed by atoms with E-state index in [0.29, 0.717) is 6.42 Å². The number of carbonyl (C=O) groups excluding carboxylic acids is 1. The highest BCUT2D eigenvalue weighted by Crippen LogP contribution is 2.28. The minimum Gasteiger partial charge on any atom is -0.374 e. The van der Waals surface area contributed by atoms with Crippen molar-refractivity contribution in [1.29, 1.82) is 0 Å².